The van der Waals surface area contributed by atoms with Crippen LogP contribution in [-0.2, 0) is 0 Å². The van der Waals surface area contributed by atoms with Crippen molar-refractivity contribution < 1.29 is 9.13 Å². The normalized spacial score (nSPS) is 13.7. The number of halogens is 1. The lowest BCUT2D eigenvalue weighted by atomic mass is 10.1. The first kappa shape index (κ1) is 14.5. The van der Waals surface area contributed by atoms with Gasteiger partial charge in [0.2, 0.25) is 0 Å². The summed E-state index contributed by atoms with van der Waals surface area (Å²) >= 11 is 0. The van der Waals surface area contributed by atoms with Crippen molar-refractivity contribution in [1.82, 2.24) is 5.32 Å². The Morgan fingerprint density at radius 1 is 1.50 bits per heavy atom. The summed E-state index contributed by atoms with van der Waals surface area (Å²) in [7, 11) is 1.44. The van der Waals surface area contributed by atoms with Gasteiger partial charge in [-0.3, -0.25) is 0 Å². The van der Waals surface area contributed by atoms with Crippen molar-refractivity contribution >= 4 is 0 Å². The molecule has 1 aromatic carbocycles. The highest BCUT2D eigenvalue weighted by atomic mass is 19.1. The molecule has 0 amide bonds. The Morgan fingerprint density at radius 2 is 2.22 bits per heavy atom. The average Bonchev–Trinajstić information content (AvgIpc) is 2.37. The maximum atomic E-state index is 13.6. The van der Waals surface area contributed by atoms with E-state index < -0.39 is 0 Å². The zero-order valence-corrected chi connectivity index (χ0v) is 11.0. The summed E-state index contributed by atoms with van der Waals surface area (Å²) in [6, 6.07) is 7.21. The van der Waals surface area contributed by atoms with Crippen molar-refractivity contribution in [2.24, 2.45) is 0 Å². The summed E-state index contributed by atoms with van der Waals surface area (Å²) in [6.45, 7) is 3.98. The number of methoxy groups -OCH3 is 1. The van der Waals surface area contributed by atoms with Gasteiger partial charge in [0.1, 0.15) is 0 Å². The topological polar surface area (TPSA) is 45.0 Å². The first-order chi connectivity index (χ1) is 8.62. The fourth-order valence-corrected chi connectivity index (χ4v) is 1.83. The van der Waals surface area contributed by atoms with Gasteiger partial charge >= 0.3 is 0 Å². The van der Waals surface area contributed by atoms with Crippen molar-refractivity contribution in [2.75, 3.05) is 7.11 Å². The zero-order chi connectivity index (χ0) is 13.5. The van der Waals surface area contributed by atoms with E-state index in [4.69, 9.17) is 10.00 Å². The molecule has 0 heterocycles. The second kappa shape index (κ2) is 6.97. The van der Waals surface area contributed by atoms with Crippen LogP contribution in [0.4, 0.5) is 4.39 Å². The molecular formula is C14H19FN2O. The van der Waals surface area contributed by atoms with Gasteiger partial charge in [0.05, 0.1) is 19.6 Å². The minimum absolute atomic E-state index is 0.00343. The predicted molar refractivity (Wildman–Crippen MR) is 68.8 cm³/mol. The van der Waals surface area contributed by atoms with Crippen molar-refractivity contribution in [2.45, 2.75) is 38.8 Å². The van der Waals surface area contributed by atoms with E-state index in [9.17, 15) is 4.39 Å². The molecule has 0 aliphatic rings. The number of rotatable bonds is 6. The highest BCUT2D eigenvalue weighted by Gasteiger charge is 2.13. The molecule has 18 heavy (non-hydrogen) atoms. The summed E-state index contributed by atoms with van der Waals surface area (Å²) < 4.78 is 18.5. The lowest BCUT2D eigenvalue weighted by Gasteiger charge is -2.21. The van der Waals surface area contributed by atoms with Crippen LogP contribution in [0.25, 0.3) is 0 Å². The minimum Gasteiger partial charge on any atom is -0.494 e. The first-order valence-corrected chi connectivity index (χ1v) is 6.08. The third-order valence-corrected chi connectivity index (χ3v) is 2.99. The van der Waals surface area contributed by atoms with E-state index in [1.165, 1.54) is 13.2 Å². The highest BCUT2D eigenvalue weighted by molar-refractivity contribution is 5.30. The molecule has 1 N–H and O–H groups in total. The Kier molecular flexibility index (Phi) is 5.60. The van der Waals surface area contributed by atoms with Gasteiger partial charge < -0.3 is 10.1 Å². The molecule has 0 fully saturated rings. The van der Waals surface area contributed by atoms with Gasteiger partial charge in [0.25, 0.3) is 0 Å². The van der Waals surface area contributed by atoms with Crippen LogP contribution in [0.5, 0.6) is 5.75 Å². The van der Waals surface area contributed by atoms with E-state index in [1.807, 2.05) is 19.9 Å². The van der Waals surface area contributed by atoms with E-state index in [0.717, 1.165) is 12.0 Å². The van der Waals surface area contributed by atoms with E-state index in [0.29, 0.717) is 6.42 Å². The Hall–Kier alpha value is -1.60. The van der Waals surface area contributed by atoms with Gasteiger partial charge in [-0.2, -0.15) is 5.26 Å². The summed E-state index contributed by atoms with van der Waals surface area (Å²) in [5.41, 5.74) is 0.852. The lowest BCUT2D eigenvalue weighted by molar-refractivity contribution is 0.384. The van der Waals surface area contributed by atoms with Crippen LogP contribution in [0.2, 0.25) is 0 Å². The molecule has 0 aromatic heterocycles. The smallest absolute Gasteiger partial charge is 0.165 e. The van der Waals surface area contributed by atoms with E-state index in [-0.39, 0.29) is 23.7 Å². The molecular weight excluding hydrogens is 231 g/mol. The van der Waals surface area contributed by atoms with Crippen LogP contribution in [0.15, 0.2) is 18.2 Å². The number of hydrogen-bond acceptors (Lipinski definition) is 3. The zero-order valence-electron chi connectivity index (χ0n) is 11.0. The molecule has 0 aliphatic heterocycles. The Bertz CT molecular complexity index is 428. The van der Waals surface area contributed by atoms with Gasteiger partial charge in [0.15, 0.2) is 11.6 Å². The molecule has 0 spiro atoms. The second-order valence-electron chi connectivity index (χ2n) is 4.25. The van der Waals surface area contributed by atoms with Crippen molar-refractivity contribution in [3.63, 3.8) is 0 Å². The number of benzene rings is 1. The summed E-state index contributed by atoms with van der Waals surface area (Å²) in [4.78, 5) is 0. The van der Waals surface area contributed by atoms with Crippen LogP contribution >= 0.6 is 0 Å². The lowest BCUT2D eigenvalue weighted by Crippen LogP contribution is -2.30. The average molecular weight is 250 g/mol. The third kappa shape index (κ3) is 3.71. The molecule has 0 radical (unpaired) electrons. The molecule has 0 saturated carbocycles. The largest absolute Gasteiger partial charge is 0.494 e. The van der Waals surface area contributed by atoms with Gasteiger partial charge in [-0.05, 0) is 31.0 Å². The molecule has 98 valence electrons. The van der Waals surface area contributed by atoms with Crippen molar-refractivity contribution in [1.29, 1.82) is 5.26 Å². The summed E-state index contributed by atoms with van der Waals surface area (Å²) in [5, 5.41) is 12.0. The molecule has 4 heteroatoms. The van der Waals surface area contributed by atoms with Crippen LogP contribution < -0.4 is 10.1 Å². The fourth-order valence-electron chi connectivity index (χ4n) is 1.83. The maximum Gasteiger partial charge on any atom is 0.165 e. The van der Waals surface area contributed by atoms with Gasteiger partial charge in [-0.15, -0.1) is 0 Å². The van der Waals surface area contributed by atoms with Crippen LogP contribution in [0, 0.1) is 17.1 Å². The SMILES string of the molecule is CCC(CC#N)NC(C)c1ccc(OC)c(F)c1. The van der Waals surface area contributed by atoms with Gasteiger partial charge in [-0.25, -0.2) is 4.39 Å². The maximum absolute atomic E-state index is 13.6. The van der Waals surface area contributed by atoms with E-state index in [1.54, 1.807) is 6.07 Å². The Labute approximate surface area is 108 Å². The number of hydrogen-bond donors (Lipinski definition) is 1. The van der Waals surface area contributed by atoms with Crippen LogP contribution in [0.1, 0.15) is 38.3 Å². The quantitative estimate of drug-likeness (QED) is 0.843. The molecule has 3 nitrogen and oxygen atoms in total. The predicted octanol–water partition coefficient (Wildman–Crippen LogP) is 3.18. The minimum atomic E-state index is -0.364. The van der Waals surface area contributed by atoms with Crippen LogP contribution in [-0.4, -0.2) is 13.2 Å². The summed E-state index contributed by atoms with van der Waals surface area (Å²) in [5.74, 6) is -0.119. The molecule has 2 unspecified atom stereocenters. The van der Waals surface area contributed by atoms with Crippen molar-refractivity contribution in [3.8, 4) is 11.8 Å². The number of nitriles is 1. The highest BCUT2D eigenvalue weighted by Crippen LogP contribution is 2.22. The fraction of sp³-hybridized carbons (Fsp3) is 0.500. The van der Waals surface area contributed by atoms with E-state index in [2.05, 4.69) is 11.4 Å². The molecule has 2 atom stereocenters. The van der Waals surface area contributed by atoms with Gasteiger partial charge in [0, 0.05) is 12.1 Å². The molecule has 0 saturated heterocycles. The molecule has 1 rings (SSSR count). The van der Waals surface area contributed by atoms with Crippen LogP contribution in [0.3, 0.4) is 0 Å². The molecule has 0 bridgehead atoms. The van der Waals surface area contributed by atoms with Crippen molar-refractivity contribution in [3.05, 3.63) is 29.6 Å². The number of nitrogens with one attached hydrogen (secondary N) is 1. The number of ether oxygens (including phenoxy) is 1. The second-order valence-corrected chi connectivity index (χ2v) is 4.25. The Balaban J connectivity index is 2.75. The Morgan fingerprint density at radius 3 is 2.72 bits per heavy atom. The van der Waals surface area contributed by atoms with E-state index >= 15 is 0 Å². The first-order valence-electron chi connectivity index (χ1n) is 6.08. The van der Waals surface area contributed by atoms with Gasteiger partial charge in [-0.1, -0.05) is 13.0 Å². The standard InChI is InChI=1S/C14H19FN2O/c1-4-12(7-8-16)17-10(2)11-5-6-14(18-3)13(15)9-11/h5-6,9-10,12,17H,4,7H2,1-3H3. The summed E-state index contributed by atoms with van der Waals surface area (Å²) in [6.07, 6.45) is 1.33. The molecule has 1 aromatic rings. The monoisotopic (exact) mass is 250 g/mol. The third-order valence-electron chi connectivity index (χ3n) is 2.99. The number of nitrogens with zero attached hydrogens (tertiary/aromatic N) is 1. The molecule has 0 aliphatic carbocycles.